The molecule has 0 aliphatic rings. The van der Waals surface area contributed by atoms with Crippen molar-refractivity contribution in [3.63, 3.8) is 0 Å². The van der Waals surface area contributed by atoms with Crippen molar-refractivity contribution in [3.8, 4) is 0 Å². The van der Waals surface area contributed by atoms with Crippen LogP contribution in [0.4, 0.5) is 65.9 Å². The molecule has 0 bridgehead atoms. The number of ether oxygens (including phenoxy) is 2. The molecule has 0 saturated carbocycles. The summed E-state index contributed by atoms with van der Waals surface area (Å²) in [4.78, 5) is 9.93. The number of alkyl halides is 15. The Morgan fingerprint density at radius 3 is 1.14 bits per heavy atom. The summed E-state index contributed by atoms with van der Waals surface area (Å²) in [6, 6.07) is 0. The van der Waals surface area contributed by atoms with E-state index in [4.69, 9.17) is 0 Å². The summed E-state index contributed by atoms with van der Waals surface area (Å²) in [5, 5.41) is 9.93. The smallest absolute Gasteiger partial charge is 0.544 e. The normalized spacial score (nSPS) is 18.7. The topological polar surface area (TPSA) is 58.6 Å². The molecule has 0 aliphatic carbocycles. The average Bonchev–Trinajstić information content (AvgIpc) is 2.32. The van der Waals surface area contributed by atoms with E-state index in [1.165, 1.54) is 9.47 Å². The minimum atomic E-state index is -7.82. The van der Waals surface area contributed by atoms with Gasteiger partial charge < -0.3 is 9.90 Å². The minimum absolute atomic E-state index is 0. The molecular weight excluding hydrogens is 468 g/mol. The molecule has 0 heterocycles. The van der Waals surface area contributed by atoms with Crippen LogP contribution >= 0.6 is 0 Å². The standard InChI is InChI=1S/C8HF15O4.Na/c9-2(1(24)25,4(11,12)13)26-7(20,21)3(10,5(14,15)16)27-8(22,23)6(17,18)19;/h(H,24,25);/q;+1/p-1. The van der Waals surface area contributed by atoms with E-state index >= 15 is 0 Å². The molecular formula is C8F15NaO4. The molecule has 4 nitrogen and oxygen atoms in total. The summed E-state index contributed by atoms with van der Waals surface area (Å²) < 4.78 is 188. The Morgan fingerprint density at radius 2 is 0.929 bits per heavy atom. The van der Waals surface area contributed by atoms with Crippen molar-refractivity contribution in [1.82, 2.24) is 0 Å². The summed E-state index contributed by atoms with van der Waals surface area (Å²) in [6.45, 7) is 0. The van der Waals surface area contributed by atoms with Crippen LogP contribution in [0.3, 0.4) is 0 Å². The first-order valence-corrected chi connectivity index (χ1v) is 5.31. The van der Waals surface area contributed by atoms with Gasteiger partial charge >= 0.3 is 72.0 Å². The Balaban J connectivity index is 0. The van der Waals surface area contributed by atoms with Gasteiger partial charge in [-0.05, 0) is 0 Å². The number of carboxylic acids is 1. The fourth-order valence-corrected chi connectivity index (χ4v) is 0.974. The fraction of sp³-hybridized carbons (Fsp3) is 0.875. The summed E-state index contributed by atoms with van der Waals surface area (Å²) in [5.74, 6) is -19.2. The van der Waals surface area contributed by atoms with Crippen molar-refractivity contribution < 1.29 is 115 Å². The number of hydrogen-bond donors (Lipinski definition) is 0. The zero-order valence-electron chi connectivity index (χ0n) is 12.3. The van der Waals surface area contributed by atoms with Crippen molar-refractivity contribution in [2.75, 3.05) is 0 Å². The zero-order valence-corrected chi connectivity index (χ0v) is 14.3. The van der Waals surface area contributed by atoms with E-state index in [-0.39, 0.29) is 29.6 Å². The SMILES string of the molecule is O=C([O-])C(F)(OC(F)(F)C(F)(OC(F)(F)C(F)(F)F)C(F)(F)F)C(F)(F)F.[Na+]. The number of carbonyl (C=O) groups is 1. The van der Waals surface area contributed by atoms with Gasteiger partial charge in [0.1, 0.15) is 5.97 Å². The van der Waals surface area contributed by atoms with Crippen LogP contribution in [-0.2, 0) is 14.3 Å². The Labute approximate surface area is 163 Å². The molecule has 20 heteroatoms. The van der Waals surface area contributed by atoms with Gasteiger partial charge in [0.15, 0.2) is 0 Å². The molecule has 0 radical (unpaired) electrons. The predicted molar refractivity (Wildman–Crippen MR) is 42.9 cm³/mol. The fourth-order valence-electron chi connectivity index (χ4n) is 0.974. The third-order valence-electron chi connectivity index (χ3n) is 2.23. The van der Waals surface area contributed by atoms with E-state index in [1.54, 1.807) is 0 Å². The Bertz CT molecular complexity index is 568. The summed E-state index contributed by atoms with van der Waals surface area (Å²) in [5.41, 5.74) is 0. The van der Waals surface area contributed by atoms with E-state index in [9.17, 15) is 75.8 Å². The van der Waals surface area contributed by atoms with Crippen molar-refractivity contribution in [1.29, 1.82) is 0 Å². The minimum Gasteiger partial charge on any atom is -0.544 e. The first-order valence-electron chi connectivity index (χ1n) is 5.31. The second kappa shape index (κ2) is 7.88. The van der Waals surface area contributed by atoms with Crippen LogP contribution in [0.2, 0.25) is 0 Å². The first-order chi connectivity index (χ1) is 11.4. The van der Waals surface area contributed by atoms with Crippen LogP contribution in [0.15, 0.2) is 0 Å². The monoisotopic (exact) mass is 468 g/mol. The molecule has 0 aromatic carbocycles. The number of rotatable bonds is 6. The third-order valence-corrected chi connectivity index (χ3v) is 2.23. The largest absolute Gasteiger partial charge is 1.00 e. The van der Waals surface area contributed by atoms with Gasteiger partial charge in [0, 0.05) is 0 Å². The number of halogens is 15. The van der Waals surface area contributed by atoms with Gasteiger partial charge in [0.25, 0.3) is 0 Å². The maximum absolute atomic E-state index is 13.3. The van der Waals surface area contributed by atoms with Crippen molar-refractivity contribution >= 4 is 5.97 Å². The molecule has 2 unspecified atom stereocenters. The molecule has 0 rings (SSSR count). The van der Waals surface area contributed by atoms with Gasteiger partial charge in [-0.15, -0.1) is 0 Å². The Morgan fingerprint density at radius 1 is 0.571 bits per heavy atom. The molecule has 0 aromatic heterocycles. The van der Waals surface area contributed by atoms with Crippen LogP contribution in [0, 0.1) is 0 Å². The van der Waals surface area contributed by atoms with Gasteiger partial charge in [-0.25, -0.2) is 0 Å². The van der Waals surface area contributed by atoms with Gasteiger partial charge in [-0.1, -0.05) is 0 Å². The average molecular weight is 468 g/mol. The van der Waals surface area contributed by atoms with E-state index < -0.39 is 48.4 Å². The van der Waals surface area contributed by atoms with Gasteiger partial charge in [-0.2, -0.15) is 65.9 Å². The van der Waals surface area contributed by atoms with Crippen LogP contribution < -0.4 is 34.7 Å². The van der Waals surface area contributed by atoms with Crippen LogP contribution in [0.25, 0.3) is 0 Å². The van der Waals surface area contributed by atoms with Crippen LogP contribution in [0.5, 0.6) is 0 Å². The first kappa shape index (κ1) is 29.5. The Kier molecular flexibility index (Phi) is 8.31. The van der Waals surface area contributed by atoms with Crippen molar-refractivity contribution in [3.05, 3.63) is 0 Å². The number of carboxylic acid groups (broad SMARTS) is 1. The van der Waals surface area contributed by atoms with Gasteiger partial charge in [-0.3, -0.25) is 9.47 Å². The molecule has 0 saturated heterocycles. The van der Waals surface area contributed by atoms with Gasteiger partial charge in [0.05, 0.1) is 0 Å². The molecule has 28 heavy (non-hydrogen) atoms. The predicted octanol–water partition coefficient (Wildman–Crippen LogP) is -0.0224. The second-order valence-corrected chi connectivity index (χ2v) is 4.21. The number of hydrogen-bond acceptors (Lipinski definition) is 4. The summed E-state index contributed by atoms with van der Waals surface area (Å²) >= 11 is 0. The zero-order chi connectivity index (χ0) is 22.5. The van der Waals surface area contributed by atoms with E-state index in [1.807, 2.05) is 0 Å². The molecule has 0 fully saturated rings. The molecule has 0 amide bonds. The van der Waals surface area contributed by atoms with Gasteiger partial charge in [0.2, 0.25) is 0 Å². The quantitative estimate of drug-likeness (QED) is 0.407. The third kappa shape index (κ3) is 5.28. The molecule has 0 aromatic rings. The molecule has 162 valence electrons. The summed E-state index contributed by atoms with van der Waals surface area (Å²) in [6.07, 6.45) is -37.5. The van der Waals surface area contributed by atoms with Crippen LogP contribution in [-0.4, -0.2) is 48.4 Å². The van der Waals surface area contributed by atoms with E-state index in [0.29, 0.717) is 0 Å². The molecule has 0 aliphatic heterocycles. The Hall–Kier alpha value is -0.660. The number of carbonyl (C=O) groups excluding carboxylic acids is 1. The van der Waals surface area contributed by atoms with Crippen LogP contribution in [0.1, 0.15) is 0 Å². The maximum atomic E-state index is 13.3. The van der Waals surface area contributed by atoms with E-state index in [0.717, 1.165) is 0 Å². The van der Waals surface area contributed by atoms with E-state index in [2.05, 4.69) is 0 Å². The molecule has 2 atom stereocenters. The summed E-state index contributed by atoms with van der Waals surface area (Å²) in [7, 11) is 0. The van der Waals surface area contributed by atoms with Crippen molar-refractivity contribution in [2.24, 2.45) is 0 Å². The molecule has 0 spiro atoms. The number of aliphatic carboxylic acids is 1. The van der Waals surface area contributed by atoms with Crippen molar-refractivity contribution in [2.45, 2.75) is 42.5 Å². The maximum Gasteiger partial charge on any atom is 1.00 e. The molecule has 0 N–H and O–H groups in total. The second-order valence-electron chi connectivity index (χ2n) is 4.21.